The van der Waals surface area contributed by atoms with Crippen molar-refractivity contribution in [2.75, 3.05) is 6.54 Å². The first-order valence-corrected chi connectivity index (χ1v) is 7.63. The number of Topliss-reactive ketones (excluding diaryl/α,β-unsaturated/α-hetero) is 1. The van der Waals surface area contributed by atoms with Gasteiger partial charge in [0.2, 0.25) is 0 Å². The molecule has 0 spiro atoms. The first-order valence-electron chi connectivity index (χ1n) is 7.63. The van der Waals surface area contributed by atoms with E-state index in [2.05, 4.69) is 0 Å². The maximum atomic E-state index is 12.4. The van der Waals surface area contributed by atoms with Crippen molar-refractivity contribution in [2.24, 2.45) is 5.92 Å². The number of non-ortho nitro benzene ring substituents is 1. The highest BCUT2D eigenvalue weighted by molar-refractivity contribution is 5.97. The van der Waals surface area contributed by atoms with Crippen LogP contribution in [0.5, 0.6) is 0 Å². The fourth-order valence-electron chi connectivity index (χ4n) is 2.39. The summed E-state index contributed by atoms with van der Waals surface area (Å²) in [7, 11) is 0. The van der Waals surface area contributed by atoms with Gasteiger partial charge in [-0.05, 0) is 12.5 Å². The van der Waals surface area contributed by atoms with Crippen LogP contribution in [-0.2, 0) is 0 Å². The quantitative estimate of drug-likeness (QED) is 0.195. The van der Waals surface area contributed by atoms with Gasteiger partial charge in [0.15, 0.2) is 18.5 Å². The summed E-state index contributed by atoms with van der Waals surface area (Å²) in [5.74, 6) is -0.508. The van der Waals surface area contributed by atoms with Gasteiger partial charge in [-0.25, -0.2) is 4.74 Å². The van der Waals surface area contributed by atoms with E-state index in [9.17, 15) is 20.1 Å². The van der Waals surface area contributed by atoms with Gasteiger partial charge in [0.25, 0.3) is 5.69 Å². The number of nitro benzene ring substituents is 1. The van der Waals surface area contributed by atoms with Crippen LogP contribution in [0.1, 0.15) is 29.3 Å². The Morgan fingerprint density at radius 3 is 2.46 bits per heavy atom. The molecule has 2 rings (SSSR count). The molecule has 6 heteroatoms. The molecule has 124 valence electrons. The molecule has 0 aliphatic rings. The zero-order valence-corrected chi connectivity index (χ0v) is 13.3. The standard InChI is InChI=1S/C18H18N2O4/c1-2-15(18(21)16-8-4-3-5-9-16)13-19(22)12-14-7-6-10-17(11-14)20(23)24/h3-12,15H,2,13H2,1H3. The second-order valence-corrected chi connectivity index (χ2v) is 5.42. The molecule has 6 nitrogen and oxygen atoms in total. The van der Waals surface area contributed by atoms with Crippen molar-refractivity contribution in [2.45, 2.75) is 13.3 Å². The lowest BCUT2D eigenvalue weighted by atomic mass is 9.95. The minimum Gasteiger partial charge on any atom is -0.624 e. The van der Waals surface area contributed by atoms with Gasteiger partial charge in [-0.3, -0.25) is 14.9 Å². The number of carbonyl (C=O) groups excluding carboxylic acids is 1. The van der Waals surface area contributed by atoms with E-state index in [1.54, 1.807) is 30.3 Å². The van der Waals surface area contributed by atoms with E-state index in [-0.39, 0.29) is 18.0 Å². The lowest BCUT2D eigenvalue weighted by molar-refractivity contribution is -0.458. The van der Waals surface area contributed by atoms with Crippen LogP contribution in [-0.4, -0.2) is 28.2 Å². The smallest absolute Gasteiger partial charge is 0.270 e. The van der Waals surface area contributed by atoms with Gasteiger partial charge < -0.3 is 5.21 Å². The fourth-order valence-corrected chi connectivity index (χ4v) is 2.39. The fraction of sp³-hybridized carbons (Fsp3) is 0.222. The Kier molecular flexibility index (Phi) is 5.78. The number of nitrogens with zero attached hydrogens (tertiary/aromatic N) is 2. The summed E-state index contributed by atoms with van der Waals surface area (Å²) in [6.07, 6.45) is 1.81. The Labute approximate surface area is 139 Å². The highest BCUT2D eigenvalue weighted by Gasteiger charge is 2.21. The number of carbonyl (C=O) groups is 1. The summed E-state index contributed by atoms with van der Waals surface area (Å²) >= 11 is 0. The third-order valence-electron chi connectivity index (χ3n) is 3.70. The molecule has 0 fully saturated rings. The molecule has 1 atom stereocenters. The number of rotatable bonds is 7. The average Bonchev–Trinajstić information content (AvgIpc) is 2.60. The Bertz CT molecular complexity index is 757. The molecular weight excluding hydrogens is 308 g/mol. The summed E-state index contributed by atoms with van der Waals surface area (Å²) in [6, 6.07) is 14.7. The summed E-state index contributed by atoms with van der Waals surface area (Å²) in [4.78, 5) is 22.7. The Balaban J connectivity index is 2.14. The van der Waals surface area contributed by atoms with Crippen LogP contribution < -0.4 is 0 Å². The number of hydrogen-bond acceptors (Lipinski definition) is 4. The summed E-state index contributed by atoms with van der Waals surface area (Å²) < 4.78 is 0.661. The highest BCUT2D eigenvalue weighted by atomic mass is 16.6. The van der Waals surface area contributed by atoms with Crippen LogP contribution >= 0.6 is 0 Å². The molecule has 0 aliphatic heterocycles. The third-order valence-corrected chi connectivity index (χ3v) is 3.70. The van der Waals surface area contributed by atoms with Crippen molar-refractivity contribution in [1.29, 1.82) is 0 Å². The molecule has 0 aromatic heterocycles. The maximum Gasteiger partial charge on any atom is 0.270 e. The second kappa shape index (κ2) is 8.01. The monoisotopic (exact) mass is 326 g/mol. The van der Waals surface area contributed by atoms with Crippen molar-refractivity contribution >= 4 is 17.7 Å². The van der Waals surface area contributed by atoms with Gasteiger partial charge in [0.1, 0.15) is 0 Å². The number of hydroxylamine groups is 1. The number of ketones is 1. The third kappa shape index (κ3) is 4.49. The molecule has 0 saturated carbocycles. The predicted molar refractivity (Wildman–Crippen MR) is 91.3 cm³/mol. The van der Waals surface area contributed by atoms with Gasteiger partial charge in [-0.1, -0.05) is 43.3 Å². The van der Waals surface area contributed by atoms with Crippen LogP contribution in [0, 0.1) is 21.2 Å². The van der Waals surface area contributed by atoms with E-state index >= 15 is 0 Å². The summed E-state index contributed by atoms with van der Waals surface area (Å²) in [5.41, 5.74) is 0.930. The van der Waals surface area contributed by atoms with Crippen molar-refractivity contribution < 1.29 is 14.5 Å². The molecule has 0 radical (unpaired) electrons. The number of hydrogen-bond donors (Lipinski definition) is 0. The highest BCUT2D eigenvalue weighted by Crippen LogP contribution is 2.14. The predicted octanol–water partition coefficient (Wildman–Crippen LogP) is 3.43. The van der Waals surface area contributed by atoms with E-state index in [0.29, 0.717) is 22.3 Å². The van der Waals surface area contributed by atoms with Crippen LogP contribution in [0.2, 0.25) is 0 Å². The normalized spacial score (nSPS) is 12.6. The molecular formula is C18H18N2O4. The molecule has 24 heavy (non-hydrogen) atoms. The summed E-state index contributed by atoms with van der Waals surface area (Å²) in [5, 5.41) is 22.9. The van der Waals surface area contributed by atoms with Crippen molar-refractivity contribution in [3.05, 3.63) is 81.0 Å². The molecule has 0 amide bonds. The van der Waals surface area contributed by atoms with E-state index in [0.717, 1.165) is 0 Å². The SMILES string of the molecule is CCC(C[N+]([O-])=Cc1cccc([N+](=O)[O-])c1)C(=O)c1ccccc1. The molecule has 2 aromatic carbocycles. The van der Waals surface area contributed by atoms with Crippen molar-refractivity contribution in [3.63, 3.8) is 0 Å². The largest absolute Gasteiger partial charge is 0.624 e. The van der Waals surface area contributed by atoms with Gasteiger partial charge >= 0.3 is 0 Å². The topological polar surface area (TPSA) is 86.3 Å². The number of benzene rings is 2. The van der Waals surface area contributed by atoms with Crippen LogP contribution in [0.4, 0.5) is 5.69 Å². The van der Waals surface area contributed by atoms with Crippen molar-refractivity contribution in [3.8, 4) is 0 Å². The Hall–Kier alpha value is -3.02. The van der Waals surface area contributed by atoms with Gasteiger partial charge in [-0.15, -0.1) is 0 Å². The average molecular weight is 326 g/mol. The summed E-state index contributed by atoms with van der Waals surface area (Å²) in [6.45, 7) is 1.86. The van der Waals surface area contributed by atoms with E-state index < -0.39 is 10.8 Å². The number of nitro groups is 1. The minimum absolute atomic E-state index is 0.00686. The molecule has 0 bridgehead atoms. The first-order chi connectivity index (χ1) is 11.5. The van der Waals surface area contributed by atoms with E-state index in [4.69, 9.17) is 0 Å². The molecule has 0 heterocycles. The first kappa shape index (κ1) is 17.3. The van der Waals surface area contributed by atoms with Crippen molar-refractivity contribution in [1.82, 2.24) is 0 Å². The lowest BCUT2D eigenvalue weighted by Crippen LogP contribution is -2.24. The van der Waals surface area contributed by atoms with E-state index in [1.165, 1.54) is 24.4 Å². The molecule has 0 aliphatic carbocycles. The van der Waals surface area contributed by atoms with Crippen LogP contribution in [0.3, 0.4) is 0 Å². The molecule has 0 N–H and O–H groups in total. The van der Waals surface area contributed by atoms with Gasteiger partial charge in [-0.2, -0.15) is 0 Å². The van der Waals surface area contributed by atoms with Gasteiger partial charge in [0.05, 0.1) is 10.8 Å². The maximum absolute atomic E-state index is 12.4. The molecule has 0 saturated heterocycles. The van der Waals surface area contributed by atoms with E-state index in [1.807, 2.05) is 13.0 Å². The Morgan fingerprint density at radius 2 is 1.83 bits per heavy atom. The zero-order chi connectivity index (χ0) is 17.5. The molecule has 1 unspecified atom stereocenters. The molecule has 2 aromatic rings. The lowest BCUT2D eigenvalue weighted by Gasteiger charge is -2.13. The minimum atomic E-state index is -0.514. The zero-order valence-electron chi connectivity index (χ0n) is 13.3. The van der Waals surface area contributed by atoms with Crippen LogP contribution in [0.15, 0.2) is 54.6 Å². The van der Waals surface area contributed by atoms with Crippen LogP contribution in [0.25, 0.3) is 0 Å². The van der Waals surface area contributed by atoms with Gasteiger partial charge in [0, 0.05) is 23.3 Å². The second-order valence-electron chi connectivity index (χ2n) is 5.42. The Morgan fingerprint density at radius 1 is 1.12 bits per heavy atom.